The Balaban J connectivity index is 2.91. The Morgan fingerprint density at radius 1 is 1.53 bits per heavy atom. The Hall–Kier alpha value is -1.66. The number of pyridine rings is 1. The van der Waals surface area contributed by atoms with E-state index in [0.29, 0.717) is 24.5 Å². The van der Waals surface area contributed by atoms with Crippen molar-refractivity contribution in [1.29, 1.82) is 0 Å². The van der Waals surface area contributed by atoms with Gasteiger partial charge < -0.3 is 15.1 Å². The highest BCUT2D eigenvalue weighted by Gasteiger charge is 2.13. The Bertz CT molecular complexity index is 423. The number of hydrogen-bond acceptors (Lipinski definition) is 5. The molecule has 3 N–H and O–H groups in total. The number of nitrogen functional groups attached to an aromatic ring is 1. The first-order chi connectivity index (χ1) is 9.12. The molecular weight excluding hydrogens is 244 g/mol. The zero-order valence-corrected chi connectivity index (χ0v) is 11.8. The van der Waals surface area contributed by atoms with Crippen molar-refractivity contribution in [2.24, 2.45) is 5.84 Å². The standard InChI is InChI=1S/C13H22N4O2/c1-4-5-11-8-10(9-12(15-11)16-14)13(18)17(2)6-7-19-3/h8-9H,4-7,14H2,1-3H3,(H,15,16). The topological polar surface area (TPSA) is 80.5 Å². The molecule has 0 saturated heterocycles. The van der Waals surface area contributed by atoms with Crippen LogP contribution in [0.3, 0.4) is 0 Å². The molecule has 6 nitrogen and oxygen atoms in total. The van der Waals surface area contributed by atoms with Crippen LogP contribution in [0.2, 0.25) is 0 Å². The molecule has 0 radical (unpaired) electrons. The molecule has 0 aliphatic rings. The van der Waals surface area contributed by atoms with Gasteiger partial charge in [0.2, 0.25) is 0 Å². The first-order valence-corrected chi connectivity index (χ1v) is 6.34. The van der Waals surface area contributed by atoms with Gasteiger partial charge in [0.25, 0.3) is 5.91 Å². The van der Waals surface area contributed by atoms with Gasteiger partial charge in [-0.3, -0.25) is 4.79 Å². The van der Waals surface area contributed by atoms with Crippen LogP contribution in [0.4, 0.5) is 5.82 Å². The Labute approximate surface area is 113 Å². The summed E-state index contributed by atoms with van der Waals surface area (Å²) in [5.41, 5.74) is 3.95. The molecule has 0 saturated carbocycles. The number of ether oxygens (including phenoxy) is 1. The van der Waals surface area contributed by atoms with Gasteiger partial charge in [0.05, 0.1) is 6.61 Å². The van der Waals surface area contributed by atoms with Crippen LogP contribution in [-0.2, 0) is 11.2 Å². The van der Waals surface area contributed by atoms with Crippen molar-refractivity contribution >= 4 is 11.7 Å². The summed E-state index contributed by atoms with van der Waals surface area (Å²) in [6.45, 7) is 3.12. The number of hydrazine groups is 1. The number of methoxy groups -OCH3 is 1. The van der Waals surface area contributed by atoms with Gasteiger partial charge in [-0.25, -0.2) is 10.8 Å². The lowest BCUT2D eigenvalue weighted by molar-refractivity contribution is 0.0744. The molecule has 0 fully saturated rings. The minimum Gasteiger partial charge on any atom is -0.383 e. The maximum Gasteiger partial charge on any atom is 0.253 e. The fraction of sp³-hybridized carbons (Fsp3) is 0.538. The van der Waals surface area contributed by atoms with E-state index in [9.17, 15) is 4.79 Å². The lowest BCUT2D eigenvalue weighted by Gasteiger charge is -2.17. The van der Waals surface area contributed by atoms with E-state index in [4.69, 9.17) is 10.6 Å². The number of nitrogens with two attached hydrogens (primary N) is 1. The molecule has 1 rings (SSSR count). The molecule has 0 aliphatic carbocycles. The monoisotopic (exact) mass is 266 g/mol. The molecule has 1 aromatic heterocycles. The number of carbonyl (C=O) groups is 1. The molecule has 0 unspecified atom stereocenters. The van der Waals surface area contributed by atoms with Crippen LogP contribution in [0.25, 0.3) is 0 Å². The number of anilines is 1. The van der Waals surface area contributed by atoms with E-state index in [0.717, 1.165) is 18.5 Å². The predicted molar refractivity (Wildman–Crippen MR) is 74.9 cm³/mol. The van der Waals surface area contributed by atoms with Crippen molar-refractivity contribution in [3.05, 3.63) is 23.4 Å². The summed E-state index contributed by atoms with van der Waals surface area (Å²) in [6, 6.07) is 3.47. The summed E-state index contributed by atoms with van der Waals surface area (Å²) in [5.74, 6) is 5.83. The molecule has 1 aromatic rings. The van der Waals surface area contributed by atoms with Crippen molar-refractivity contribution in [1.82, 2.24) is 9.88 Å². The number of aromatic nitrogens is 1. The van der Waals surface area contributed by atoms with Gasteiger partial charge in [0.1, 0.15) is 5.82 Å². The smallest absolute Gasteiger partial charge is 0.253 e. The Morgan fingerprint density at radius 2 is 2.26 bits per heavy atom. The third-order valence-electron chi connectivity index (χ3n) is 2.76. The number of rotatable bonds is 7. The average Bonchev–Trinajstić information content (AvgIpc) is 2.43. The lowest BCUT2D eigenvalue weighted by atomic mass is 10.1. The van der Waals surface area contributed by atoms with Crippen LogP contribution in [0.15, 0.2) is 12.1 Å². The molecule has 19 heavy (non-hydrogen) atoms. The summed E-state index contributed by atoms with van der Waals surface area (Å²) in [6.07, 6.45) is 1.78. The molecule has 0 spiro atoms. The van der Waals surface area contributed by atoms with Crippen LogP contribution >= 0.6 is 0 Å². The van der Waals surface area contributed by atoms with Crippen molar-refractivity contribution in [2.75, 3.05) is 32.7 Å². The van der Waals surface area contributed by atoms with Crippen molar-refractivity contribution < 1.29 is 9.53 Å². The van der Waals surface area contributed by atoms with Crippen LogP contribution in [-0.4, -0.2) is 43.1 Å². The third kappa shape index (κ3) is 4.50. The van der Waals surface area contributed by atoms with Crippen LogP contribution < -0.4 is 11.3 Å². The molecule has 0 aromatic carbocycles. The van der Waals surface area contributed by atoms with E-state index >= 15 is 0 Å². The second-order valence-corrected chi connectivity index (χ2v) is 4.35. The normalized spacial score (nSPS) is 10.3. The highest BCUT2D eigenvalue weighted by Crippen LogP contribution is 2.13. The third-order valence-corrected chi connectivity index (χ3v) is 2.76. The summed E-state index contributed by atoms with van der Waals surface area (Å²) in [4.78, 5) is 18.2. The number of amides is 1. The van der Waals surface area contributed by atoms with Gasteiger partial charge in [-0.05, 0) is 18.6 Å². The average molecular weight is 266 g/mol. The highest BCUT2D eigenvalue weighted by atomic mass is 16.5. The minimum absolute atomic E-state index is 0.0618. The molecule has 106 valence electrons. The van der Waals surface area contributed by atoms with Gasteiger partial charge in [-0.2, -0.15) is 0 Å². The van der Waals surface area contributed by atoms with Crippen molar-refractivity contribution in [3.8, 4) is 0 Å². The van der Waals surface area contributed by atoms with Gasteiger partial charge in [0.15, 0.2) is 0 Å². The lowest BCUT2D eigenvalue weighted by Crippen LogP contribution is -2.30. The van der Waals surface area contributed by atoms with Gasteiger partial charge in [-0.1, -0.05) is 13.3 Å². The molecule has 0 bridgehead atoms. The van der Waals surface area contributed by atoms with E-state index in [-0.39, 0.29) is 5.91 Å². The zero-order valence-electron chi connectivity index (χ0n) is 11.8. The van der Waals surface area contributed by atoms with Crippen molar-refractivity contribution in [2.45, 2.75) is 19.8 Å². The molecule has 1 amide bonds. The van der Waals surface area contributed by atoms with E-state index < -0.39 is 0 Å². The number of nitrogens with one attached hydrogen (secondary N) is 1. The fourth-order valence-electron chi connectivity index (χ4n) is 1.72. The van der Waals surface area contributed by atoms with Crippen LogP contribution in [0.5, 0.6) is 0 Å². The molecule has 1 heterocycles. The van der Waals surface area contributed by atoms with Gasteiger partial charge in [-0.15, -0.1) is 0 Å². The summed E-state index contributed by atoms with van der Waals surface area (Å²) >= 11 is 0. The quantitative estimate of drug-likeness (QED) is 0.569. The first-order valence-electron chi connectivity index (χ1n) is 6.34. The van der Waals surface area contributed by atoms with E-state index in [1.165, 1.54) is 0 Å². The number of aryl methyl sites for hydroxylation is 1. The molecule has 0 atom stereocenters. The molecule has 6 heteroatoms. The Kier molecular flexibility index (Phi) is 6.24. The van der Waals surface area contributed by atoms with Crippen molar-refractivity contribution in [3.63, 3.8) is 0 Å². The first kappa shape index (κ1) is 15.4. The predicted octanol–water partition coefficient (Wildman–Crippen LogP) is 1.04. The van der Waals surface area contributed by atoms with Crippen LogP contribution in [0.1, 0.15) is 29.4 Å². The largest absolute Gasteiger partial charge is 0.383 e. The Morgan fingerprint density at radius 3 is 2.84 bits per heavy atom. The summed E-state index contributed by atoms with van der Waals surface area (Å²) in [5, 5.41) is 0. The van der Waals surface area contributed by atoms with Crippen LogP contribution in [0, 0.1) is 0 Å². The molecule has 0 aliphatic heterocycles. The van der Waals surface area contributed by atoms with E-state index in [1.54, 1.807) is 25.1 Å². The number of carbonyl (C=O) groups excluding carboxylic acids is 1. The van der Waals surface area contributed by atoms with E-state index in [2.05, 4.69) is 17.3 Å². The highest BCUT2D eigenvalue weighted by molar-refractivity contribution is 5.94. The summed E-state index contributed by atoms with van der Waals surface area (Å²) < 4.78 is 4.97. The maximum absolute atomic E-state index is 12.2. The second-order valence-electron chi connectivity index (χ2n) is 4.35. The molecular formula is C13H22N4O2. The summed E-state index contributed by atoms with van der Waals surface area (Å²) in [7, 11) is 3.36. The van der Waals surface area contributed by atoms with E-state index in [1.807, 2.05) is 6.07 Å². The fourth-order valence-corrected chi connectivity index (χ4v) is 1.72. The maximum atomic E-state index is 12.2. The number of nitrogens with zero attached hydrogens (tertiary/aromatic N) is 2. The zero-order chi connectivity index (χ0) is 14.3. The SMILES string of the molecule is CCCc1cc(C(=O)N(C)CCOC)cc(NN)n1. The number of hydrogen-bond donors (Lipinski definition) is 2. The van der Waals surface area contributed by atoms with Gasteiger partial charge in [0, 0.05) is 32.0 Å². The van der Waals surface area contributed by atoms with Gasteiger partial charge >= 0.3 is 0 Å². The number of likely N-dealkylation sites (N-methyl/N-ethyl adjacent to an activating group) is 1. The minimum atomic E-state index is -0.0618. The second kappa shape index (κ2) is 7.70.